The van der Waals surface area contributed by atoms with Gasteiger partial charge in [-0.2, -0.15) is 0 Å². The number of thioether (sulfide) groups is 1. The maximum Gasteiger partial charge on any atom is 0.0958 e. The van der Waals surface area contributed by atoms with E-state index in [4.69, 9.17) is 4.74 Å². The predicted molar refractivity (Wildman–Crippen MR) is 65.6 cm³/mol. The molecule has 0 spiro atoms. The van der Waals surface area contributed by atoms with Gasteiger partial charge >= 0.3 is 0 Å². The summed E-state index contributed by atoms with van der Waals surface area (Å²) >= 11 is 1.64. The van der Waals surface area contributed by atoms with Crippen LogP contribution in [0.4, 0.5) is 5.69 Å². The summed E-state index contributed by atoms with van der Waals surface area (Å²) < 4.78 is 5.24. The molecule has 2 unspecified atom stereocenters. The van der Waals surface area contributed by atoms with Crippen LogP contribution in [-0.2, 0) is 4.74 Å². The van der Waals surface area contributed by atoms with Crippen molar-refractivity contribution in [1.29, 1.82) is 0 Å². The summed E-state index contributed by atoms with van der Waals surface area (Å²) in [5.74, 6) is 0. The Morgan fingerprint density at radius 1 is 1.40 bits per heavy atom. The molecule has 0 bridgehead atoms. The van der Waals surface area contributed by atoms with E-state index >= 15 is 0 Å². The van der Waals surface area contributed by atoms with Gasteiger partial charge in [-0.1, -0.05) is 0 Å². The van der Waals surface area contributed by atoms with Crippen molar-refractivity contribution in [3.63, 3.8) is 0 Å². The first-order valence-electron chi connectivity index (χ1n) is 4.96. The Balaban J connectivity index is 2.57. The van der Waals surface area contributed by atoms with Crippen LogP contribution in [0.25, 0.3) is 0 Å². The van der Waals surface area contributed by atoms with Crippen LogP contribution in [0.2, 0.25) is 0 Å². The molecule has 0 aliphatic carbocycles. The van der Waals surface area contributed by atoms with E-state index in [0.29, 0.717) is 0 Å². The zero-order chi connectivity index (χ0) is 11.3. The minimum Gasteiger partial charge on any atom is -0.380 e. The molecule has 3 nitrogen and oxygen atoms in total. The second kappa shape index (κ2) is 5.98. The van der Waals surface area contributed by atoms with Gasteiger partial charge in [0.05, 0.1) is 23.0 Å². The van der Waals surface area contributed by atoms with E-state index in [1.807, 2.05) is 31.5 Å². The monoisotopic (exact) mass is 226 g/mol. The molecule has 1 aromatic rings. The Morgan fingerprint density at radius 2 is 2.13 bits per heavy atom. The number of pyridine rings is 1. The zero-order valence-corrected chi connectivity index (χ0v) is 10.5. The van der Waals surface area contributed by atoms with Crippen LogP contribution < -0.4 is 5.32 Å². The van der Waals surface area contributed by atoms with Gasteiger partial charge in [0.2, 0.25) is 0 Å². The van der Waals surface area contributed by atoms with E-state index in [2.05, 4.69) is 17.2 Å². The molecule has 0 amide bonds. The Kier molecular flexibility index (Phi) is 4.91. The van der Waals surface area contributed by atoms with Gasteiger partial charge in [-0.05, 0) is 32.2 Å². The lowest BCUT2D eigenvalue weighted by Crippen LogP contribution is -2.29. The predicted octanol–water partition coefficient (Wildman–Crippen LogP) is 2.64. The first kappa shape index (κ1) is 12.3. The van der Waals surface area contributed by atoms with Crippen molar-refractivity contribution < 1.29 is 4.74 Å². The molecular formula is C11H18N2OS. The van der Waals surface area contributed by atoms with Crippen LogP contribution >= 0.6 is 11.8 Å². The SMILES string of the molecule is COC(C)C(C)Nc1ccc(SC)nc1. The van der Waals surface area contributed by atoms with Gasteiger partial charge in [0, 0.05) is 13.2 Å². The molecule has 0 aliphatic rings. The maximum absolute atomic E-state index is 5.24. The van der Waals surface area contributed by atoms with Crippen LogP contribution in [0.5, 0.6) is 0 Å². The van der Waals surface area contributed by atoms with Gasteiger partial charge < -0.3 is 10.1 Å². The summed E-state index contributed by atoms with van der Waals surface area (Å²) in [6.07, 6.45) is 4.06. The fraction of sp³-hybridized carbons (Fsp3) is 0.545. The van der Waals surface area contributed by atoms with E-state index in [9.17, 15) is 0 Å². The molecule has 1 heterocycles. The lowest BCUT2D eigenvalue weighted by Gasteiger charge is -2.20. The largest absolute Gasteiger partial charge is 0.380 e. The smallest absolute Gasteiger partial charge is 0.0958 e. The highest BCUT2D eigenvalue weighted by molar-refractivity contribution is 7.98. The lowest BCUT2D eigenvalue weighted by molar-refractivity contribution is 0.106. The summed E-state index contributed by atoms with van der Waals surface area (Å²) in [4.78, 5) is 4.30. The molecule has 1 rings (SSSR count). The van der Waals surface area contributed by atoms with E-state index in [-0.39, 0.29) is 12.1 Å². The number of rotatable bonds is 5. The highest BCUT2D eigenvalue weighted by atomic mass is 32.2. The number of anilines is 1. The lowest BCUT2D eigenvalue weighted by atomic mass is 10.2. The van der Waals surface area contributed by atoms with Crippen LogP contribution in [0.1, 0.15) is 13.8 Å². The second-order valence-corrected chi connectivity index (χ2v) is 4.29. The number of ether oxygens (including phenoxy) is 1. The number of nitrogens with one attached hydrogen (secondary N) is 1. The minimum atomic E-state index is 0.185. The summed E-state index contributed by atoms with van der Waals surface area (Å²) in [7, 11) is 1.72. The number of hydrogen-bond donors (Lipinski definition) is 1. The van der Waals surface area contributed by atoms with Gasteiger partial charge in [0.1, 0.15) is 0 Å². The topological polar surface area (TPSA) is 34.1 Å². The highest BCUT2D eigenvalue weighted by Crippen LogP contribution is 2.15. The van der Waals surface area contributed by atoms with Gasteiger partial charge in [0.25, 0.3) is 0 Å². The Labute approximate surface area is 95.6 Å². The summed E-state index contributed by atoms with van der Waals surface area (Å²) in [6, 6.07) is 4.33. The number of hydrogen-bond acceptors (Lipinski definition) is 4. The quantitative estimate of drug-likeness (QED) is 0.783. The molecule has 84 valence electrons. The normalized spacial score (nSPS) is 14.7. The molecule has 0 aliphatic heterocycles. The second-order valence-electron chi connectivity index (χ2n) is 3.46. The molecule has 0 saturated carbocycles. The van der Waals surface area contributed by atoms with E-state index in [1.165, 1.54) is 0 Å². The van der Waals surface area contributed by atoms with Crippen LogP contribution in [0, 0.1) is 0 Å². The Morgan fingerprint density at radius 3 is 2.60 bits per heavy atom. The summed E-state index contributed by atoms with van der Waals surface area (Å²) in [5, 5.41) is 4.38. The third-order valence-electron chi connectivity index (χ3n) is 2.42. The minimum absolute atomic E-state index is 0.185. The van der Waals surface area contributed by atoms with Gasteiger partial charge in [-0.15, -0.1) is 11.8 Å². The first-order valence-corrected chi connectivity index (χ1v) is 6.19. The molecule has 2 atom stereocenters. The zero-order valence-electron chi connectivity index (χ0n) is 9.65. The molecule has 1 N–H and O–H groups in total. The van der Waals surface area contributed by atoms with Crippen molar-refractivity contribution in [2.75, 3.05) is 18.7 Å². The van der Waals surface area contributed by atoms with Crippen LogP contribution in [0.3, 0.4) is 0 Å². The molecule has 0 aromatic carbocycles. The first-order chi connectivity index (χ1) is 7.17. The fourth-order valence-electron chi connectivity index (χ4n) is 1.17. The third-order valence-corrected chi connectivity index (χ3v) is 3.08. The number of nitrogens with zero attached hydrogens (tertiary/aromatic N) is 1. The molecule has 0 saturated heterocycles. The van der Waals surface area contributed by atoms with Crippen molar-refractivity contribution in [2.45, 2.75) is 31.0 Å². The number of methoxy groups -OCH3 is 1. The van der Waals surface area contributed by atoms with Crippen molar-refractivity contribution in [1.82, 2.24) is 4.98 Å². The molecule has 0 radical (unpaired) electrons. The summed E-state index contributed by atoms with van der Waals surface area (Å²) in [6.45, 7) is 4.14. The average Bonchev–Trinajstić information content (AvgIpc) is 2.29. The number of aromatic nitrogens is 1. The highest BCUT2D eigenvalue weighted by Gasteiger charge is 2.10. The van der Waals surface area contributed by atoms with Gasteiger partial charge in [-0.25, -0.2) is 4.98 Å². The average molecular weight is 226 g/mol. The van der Waals surface area contributed by atoms with Crippen molar-refractivity contribution in [3.05, 3.63) is 18.3 Å². The van der Waals surface area contributed by atoms with Crippen LogP contribution in [-0.4, -0.2) is 30.5 Å². The molecule has 1 aromatic heterocycles. The standard InChI is InChI=1S/C11H18N2OS/c1-8(9(2)14-3)13-10-5-6-11(15-4)12-7-10/h5-9,13H,1-4H3. The van der Waals surface area contributed by atoms with Gasteiger partial charge in [0.15, 0.2) is 0 Å². The Hall–Kier alpha value is -0.740. The van der Waals surface area contributed by atoms with E-state index in [0.717, 1.165) is 10.7 Å². The van der Waals surface area contributed by atoms with Crippen molar-refractivity contribution in [3.8, 4) is 0 Å². The van der Waals surface area contributed by atoms with Crippen LogP contribution in [0.15, 0.2) is 23.4 Å². The van der Waals surface area contributed by atoms with E-state index < -0.39 is 0 Å². The molecular weight excluding hydrogens is 208 g/mol. The maximum atomic E-state index is 5.24. The van der Waals surface area contributed by atoms with Gasteiger partial charge in [-0.3, -0.25) is 0 Å². The summed E-state index contributed by atoms with van der Waals surface area (Å²) in [5.41, 5.74) is 1.03. The fourth-order valence-corrected chi connectivity index (χ4v) is 1.53. The molecule has 4 heteroatoms. The third kappa shape index (κ3) is 3.72. The van der Waals surface area contributed by atoms with Crippen molar-refractivity contribution >= 4 is 17.4 Å². The molecule has 0 fully saturated rings. The molecule has 15 heavy (non-hydrogen) atoms. The van der Waals surface area contributed by atoms with E-state index in [1.54, 1.807) is 18.9 Å². The van der Waals surface area contributed by atoms with Crippen molar-refractivity contribution in [2.24, 2.45) is 0 Å². The Bertz CT molecular complexity index is 289.